The Bertz CT molecular complexity index is 559. The predicted octanol–water partition coefficient (Wildman–Crippen LogP) is 4.16. The molecule has 0 bridgehead atoms. The first-order valence-electron chi connectivity index (χ1n) is 8.11. The van der Waals surface area contributed by atoms with Gasteiger partial charge < -0.3 is 9.73 Å². The molecule has 21 heavy (non-hydrogen) atoms. The number of para-hydroxylation sites is 1. The topological polar surface area (TPSA) is 28.4 Å². The third-order valence-electron chi connectivity index (χ3n) is 3.99. The minimum absolute atomic E-state index is 0.542. The Kier molecular flexibility index (Phi) is 5.83. The molecule has 0 aliphatic rings. The third kappa shape index (κ3) is 3.86. The lowest BCUT2D eigenvalue weighted by Crippen LogP contribution is -2.30. The summed E-state index contributed by atoms with van der Waals surface area (Å²) in [6, 6.07) is 8.91. The van der Waals surface area contributed by atoms with Crippen molar-refractivity contribution in [3.63, 3.8) is 0 Å². The highest BCUT2D eigenvalue weighted by Crippen LogP contribution is 2.27. The van der Waals surface area contributed by atoms with Gasteiger partial charge in [0.2, 0.25) is 0 Å². The van der Waals surface area contributed by atoms with Crippen LogP contribution in [0.1, 0.15) is 45.4 Å². The van der Waals surface area contributed by atoms with E-state index in [0.29, 0.717) is 6.04 Å². The zero-order valence-corrected chi connectivity index (χ0v) is 13.8. The molecule has 2 aromatic rings. The van der Waals surface area contributed by atoms with Gasteiger partial charge in [-0.2, -0.15) is 0 Å². The molecule has 0 saturated carbocycles. The third-order valence-corrected chi connectivity index (χ3v) is 3.99. The number of fused-ring (bicyclic) bond motifs is 1. The number of hydrogen-bond acceptors (Lipinski definition) is 3. The molecule has 1 N–H and O–H groups in total. The molecule has 1 aromatic carbocycles. The van der Waals surface area contributed by atoms with Gasteiger partial charge in [0.15, 0.2) is 0 Å². The molecule has 1 aromatic heterocycles. The molecular formula is C18H28N2O. The largest absolute Gasteiger partial charge is 0.459 e. The molecule has 0 unspecified atom stereocenters. The first-order chi connectivity index (χ1) is 10.2. The van der Waals surface area contributed by atoms with E-state index in [1.165, 1.54) is 10.9 Å². The maximum atomic E-state index is 6.08. The van der Waals surface area contributed by atoms with Gasteiger partial charge in [0, 0.05) is 23.5 Å². The monoisotopic (exact) mass is 288 g/mol. The lowest BCUT2D eigenvalue weighted by molar-refractivity contribution is 0.223. The highest BCUT2D eigenvalue weighted by atomic mass is 16.3. The molecule has 0 atom stereocenters. The second-order valence-corrected chi connectivity index (χ2v) is 5.83. The van der Waals surface area contributed by atoms with Gasteiger partial charge in [-0.3, -0.25) is 4.90 Å². The molecule has 3 heteroatoms. The number of nitrogens with one attached hydrogen (secondary N) is 1. The Labute approximate surface area is 128 Å². The van der Waals surface area contributed by atoms with Crippen LogP contribution in [0.15, 0.2) is 28.7 Å². The zero-order valence-electron chi connectivity index (χ0n) is 13.8. The van der Waals surface area contributed by atoms with E-state index in [2.05, 4.69) is 56.1 Å². The molecule has 0 aliphatic carbocycles. The molecule has 2 rings (SSSR count). The number of nitrogens with zero attached hydrogens (tertiary/aromatic N) is 1. The lowest BCUT2D eigenvalue weighted by atomic mass is 10.1. The van der Waals surface area contributed by atoms with Crippen LogP contribution in [0, 0.1) is 0 Å². The van der Waals surface area contributed by atoms with E-state index in [-0.39, 0.29) is 0 Å². The van der Waals surface area contributed by atoms with Gasteiger partial charge in [0.25, 0.3) is 0 Å². The summed E-state index contributed by atoms with van der Waals surface area (Å²) in [4.78, 5) is 2.47. The molecule has 116 valence electrons. The average molecular weight is 288 g/mol. The minimum Gasteiger partial charge on any atom is -0.459 e. The van der Waals surface area contributed by atoms with Crippen LogP contribution < -0.4 is 5.32 Å². The molecule has 0 radical (unpaired) electrons. The quantitative estimate of drug-likeness (QED) is 0.739. The summed E-state index contributed by atoms with van der Waals surface area (Å²) in [6.45, 7) is 12.8. The fourth-order valence-corrected chi connectivity index (χ4v) is 2.71. The Morgan fingerprint density at radius 3 is 2.62 bits per heavy atom. The van der Waals surface area contributed by atoms with Crippen molar-refractivity contribution in [2.24, 2.45) is 0 Å². The van der Waals surface area contributed by atoms with E-state index in [1.807, 2.05) is 6.07 Å². The van der Waals surface area contributed by atoms with Crippen molar-refractivity contribution in [2.75, 3.05) is 13.1 Å². The van der Waals surface area contributed by atoms with Crippen molar-refractivity contribution in [1.29, 1.82) is 0 Å². The van der Waals surface area contributed by atoms with Crippen molar-refractivity contribution >= 4 is 11.0 Å². The van der Waals surface area contributed by atoms with Crippen LogP contribution in [0.5, 0.6) is 0 Å². The van der Waals surface area contributed by atoms with E-state index < -0.39 is 0 Å². The standard InChI is InChI=1S/C18H28N2O/c1-5-11-19-12-18-16(13-20(6-2)14(3)4)15-9-7-8-10-17(15)21-18/h7-10,14,19H,5-6,11-13H2,1-4H3. The predicted molar refractivity (Wildman–Crippen MR) is 89.4 cm³/mol. The molecule has 3 nitrogen and oxygen atoms in total. The van der Waals surface area contributed by atoms with Crippen LogP contribution in [-0.2, 0) is 13.1 Å². The molecule has 1 heterocycles. The molecule has 0 amide bonds. The second kappa shape index (κ2) is 7.62. The van der Waals surface area contributed by atoms with E-state index in [1.54, 1.807) is 0 Å². The van der Waals surface area contributed by atoms with Crippen molar-refractivity contribution in [1.82, 2.24) is 10.2 Å². The van der Waals surface area contributed by atoms with Gasteiger partial charge in [-0.15, -0.1) is 0 Å². The second-order valence-electron chi connectivity index (χ2n) is 5.83. The Hall–Kier alpha value is -1.32. The minimum atomic E-state index is 0.542. The molecule has 0 spiro atoms. The van der Waals surface area contributed by atoms with Crippen LogP contribution in [0.2, 0.25) is 0 Å². The SMILES string of the molecule is CCCNCc1oc2ccccc2c1CN(CC)C(C)C. The van der Waals surface area contributed by atoms with Crippen LogP contribution in [-0.4, -0.2) is 24.0 Å². The number of rotatable bonds is 8. The maximum absolute atomic E-state index is 6.08. The molecule has 0 aliphatic heterocycles. The zero-order chi connectivity index (χ0) is 15.2. The number of furan rings is 1. The normalized spacial score (nSPS) is 11.9. The Balaban J connectivity index is 2.30. The average Bonchev–Trinajstić information content (AvgIpc) is 2.82. The first kappa shape index (κ1) is 16.1. The van der Waals surface area contributed by atoms with Gasteiger partial charge in [0.1, 0.15) is 11.3 Å². The summed E-state index contributed by atoms with van der Waals surface area (Å²) in [5.74, 6) is 1.09. The van der Waals surface area contributed by atoms with Gasteiger partial charge in [0.05, 0.1) is 6.54 Å². The highest BCUT2D eigenvalue weighted by molar-refractivity contribution is 5.82. The van der Waals surface area contributed by atoms with E-state index in [4.69, 9.17) is 4.42 Å². The van der Waals surface area contributed by atoms with E-state index in [0.717, 1.165) is 43.9 Å². The van der Waals surface area contributed by atoms with E-state index in [9.17, 15) is 0 Å². The molecule has 0 saturated heterocycles. The summed E-state index contributed by atoms with van der Waals surface area (Å²) in [5.41, 5.74) is 2.34. The van der Waals surface area contributed by atoms with Crippen molar-refractivity contribution in [3.05, 3.63) is 35.6 Å². The van der Waals surface area contributed by atoms with Crippen LogP contribution in [0.3, 0.4) is 0 Å². The Morgan fingerprint density at radius 2 is 1.95 bits per heavy atom. The van der Waals surface area contributed by atoms with Crippen LogP contribution in [0.4, 0.5) is 0 Å². The van der Waals surface area contributed by atoms with Crippen molar-refractivity contribution < 1.29 is 4.42 Å². The summed E-state index contributed by atoms with van der Waals surface area (Å²) in [5, 5.41) is 4.72. The number of hydrogen-bond donors (Lipinski definition) is 1. The lowest BCUT2D eigenvalue weighted by Gasteiger charge is -2.24. The fourth-order valence-electron chi connectivity index (χ4n) is 2.71. The molecule has 0 fully saturated rings. The first-order valence-corrected chi connectivity index (χ1v) is 8.11. The summed E-state index contributed by atoms with van der Waals surface area (Å²) in [7, 11) is 0. The Morgan fingerprint density at radius 1 is 1.19 bits per heavy atom. The van der Waals surface area contributed by atoms with Gasteiger partial charge in [-0.1, -0.05) is 32.0 Å². The fraction of sp³-hybridized carbons (Fsp3) is 0.556. The van der Waals surface area contributed by atoms with Gasteiger partial charge >= 0.3 is 0 Å². The van der Waals surface area contributed by atoms with Gasteiger partial charge in [-0.05, 0) is 39.4 Å². The highest BCUT2D eigenvalue weighted by Gasteiger charge is 2.17. The summed E-state index contributed by atoms with van der Waals surface area (Å²) >= 11 is 0. The maximum Gasteiger partial charge on any atom is 0.134 e. The van der Waals surface area contributed by atoms with Crippen LogP contribution in [0.25, 0.3) is 11.0 Å². The summed E-state index contributed by atoms with van der Waals surface area (Å²) < 4.78 is 6.08. The van der Waals surface area contributed by atoms with Gasteiger partial charge in [-0.25, -0.2) is 0 Å². The van der Waals surface area contributed by atoms with E-state index >= 15 is 0 Å². The molecular weight excluding hydrogens is 260 g/mol. The summed E-state index contributed by atoms with van der Waals surface area (Å²) in [6.07, 6.45) is 1.14. The van der Waals surface area contributed by atoms with Crippen molar-refractivity contribution in [3.8, 4) is 0 Å². The smallest absolute Gasteiger partial charge is 0.134 e. The number of benzene rings is 1. The van der Waals surface area contributed by atoms with Crippen LogP contribution >= 0.6 is 0 Å². The van der Waals surface area contributed by atoms with Crippen molar-refractivity contribution in [2.45, 2.75) is 53.2 Å².